The average molecular weight is 341 g/mol. The van der Waals surface area contributed by atoms with Gasteiger partial charge < -0.3 is 0 Å². The lowest BCUT2D eigenvalue weighted by Crippen LogP contribution is -2.59. The van der Waals surface area contributed by atoms with Gasteiger partial charge in [-0.3, -0.25) is 4.90 Å². The van der Waals surface area contributed by atoms with E-state index in [-0.39, 0.29) is 5.66 Å². The van der Waals surface area contributed by atoms with Crippen molar-refractivity contribution in [3.8, 4) is 0 Å². The first-order chi connectivity index (χ1) is 12.1. The maximum atomic E-state index is 4.73. The van der Waals surface area contributed by atoms with Crippen molar-refractivity contribution in [2.45, 2.75) is 77.4 Å². The van der Waals surface area contributed by atoms with Crippen LogP contribution in [0, 0.1) is 11.8 Å². The topological polar surface area (TPSA) is 34.0 Å². The Morgan fingerprint density at radius 3 is 2.64 bits per heavy atom. The van der Waals surface area contributed by atoms with Crippen LogP contribution in [0.25, 0.3) is 11.0 Å². The highest BCUT2D eigenvalue weighted by Gasteiger charge is 2.48. The van der Waals surface area contributed by atoms with Gasteiger partial charge >= 0.3 is 0 Å². The Morgan fingerprint density at radius 2 is 1.88 bits per heavy atom. The lowest BCUT2D eigenvalue weighted by molar-refractivity contribution is -0.0937. The third-order valence-electron chi connectivity index (χ3n) is 6.53. The molecule has 4 rings (SSSR count). The summed E-state index contributed by atoms with van der Waals surface area (Å²) in [5.74, 6) is 1.46. The molecule has 1 saturated heterocycles. The number of hydrogen-bond donors (Lipinski definition) is 0. The second-order valence-corrected chi connectivity index (χ2v) is 8.58. The molecule has 0 N–H and O–H groups in total. The first-order valence-electron chi connectivity index (χ1n) is 10.2. The van der Waals surface area contributed by atoms with E-state index in [0.717, 1.165) is 17.4 Å². The molecule has 4 heteroatoms. The molecule has 1 aromatic carbocycles. The molecule has 0 spiro atoms. The van der Waals surface area contributed by atoms with Gasteiger partial charge in [0.25, 0.3) is 0 Å². The highest BCUT2D eigenvalue weighted by Crippen LogP contribution is 2.46. The summed E-state index contributed by atoms with van der Waals surface area (Å²) in [4.78, 5) is 2.82. The zero-order chi connectivity index (χ0) is 17.4. The van der Waals surface area contributed by atoms with E-state index in [1.165, 1.54) is 57.0 Å². The van der Waals surface area contributed by atoms with Crippen molar-refractivity contribution < 1.29 is 0 Å². The summed E-state index contributed by atoms with van der Waals surface area (Å²) in [5.41, 5.74) is 2.22. The van der Waals surface area contributed by atoms with Crippen LogP contribution in [0.15, 0.2) is 24.3 Å². The first kappa shape index (κ1) is 17.0. The number of benzene rings is 1. The van der Waals surface area contributed by atoms with Crippen molar-refractivity contribution in [3.05, 3.63) is 24.3 Å². The lowest BCUT2D eigenvalue weighted by atomic mass is 9.74. The second kappa shape index (κ2) is 6.71. The molecule has 1 aliphatic heterocycles. The maximum Gasteiger partial charge on any atom is 0.118 e. The Morgan fingerprint density at radius 1 is 1.12 bits per heavy atom. The average Bonchev–Trinajstić information content (AvgIpc) is 3.05. The molecule has 2 aliphatic rings. The fraction of sp³-hybridized carbons (Fsp3) is 0.714. The van der Waals surface area contributed by atoms with E-state index in [1.54, 1.807) is 0 Å². The van der Waals surface area contributed by atoms with Crippen LogP contribution in [0.5, 0.6) is 0 Å². The van der Waals surface area contributed by atoms with Gasteiger partial charge in [0.15, 0.2) is 0 Å². The second-order valence-electron chi connectivity index (χ2n) is 8.58. The Hall–Kier alpha value is -1.42. The predicted molar refractivity (Wildman–Crippen MR) is 102 cm³/mol. The van der Waals surface area contributed by atoms with E-state index in [2.05, 4.69) is 59.7 Å². The summed E-state index contributed by atoms with van der Waals surface area (Å²) in [7, 11) is 0. The molecule has 25 heavy (non-hydrogen) atoms. The molecule has 1 saturated carbocycles. The fourth-order valence-electron chi connectivity index (χ4n) is 5.73. The minimum absolute atomic E-state index is 0.00567. The Kier molecular flexibility index (Phi) is 4.57. The molecule has 2 aromatic rings. The van der Waals surface area contributed by atoms with E-state index < -0.39 is 0 Å². The minimum atomic E-state index is -0.00567. The summed E-state index contributed by atoms with van der Waals surface area (Å²) < 4.78 is 2.31. The minimum Gasteiger partial charge on any atom is -0.276 e. The molecule has 2 fully saturated rings. The van der Waals surface area contributed by atoms with Gasteiger partial charge in [0.1, 0.15) is 11.2 Å². The van der Waals surface area contributed by atoms with E-state index in [1.807, 2.05) is 0 Å². The van der Waals surface area contributed by atoms with E-state index >= 15 is 0 Å². The quantitative estimate of drug-likeness (QED) is 0.804. The number of nitrogens with zero attached hydrogens (tertiary/aromatic N) is 4. The van der Waals surface area contributed by atoms with Gasteiger partial charge in [0.2, 0.25) is 0 Å². The molecule has 2 heterocycles. The molecule has 0 bridgehead atoms. The number of aromatic nitrogens is 3. The van der Waals surface area contributed by atoms with Crippen LogP contribution in [0.3, 0.4) is 0 Å². The Balaban J connectivity index is 1.86. The largest absolute Gasteiger partial charge is 0.276 e. The van der Waals surface area contributed by atoms with Crippen molar-refractivity contribution in [2.24, 2.45) is 11.8 Å². The summed E-state index contributed by atoms with van der Waals surface area (Å²) in [6, 6.07) is 9.16. The molecule has 136 valence electrons. The van der Waals surface area contributed by atoms with Crippen molar-refractivity contribution in [1.82, 2.24) is 19.9 Å². The van der Waals surface area contributed by atoms with Crippen molar-refractivity contribution >= 4 is 11.0 Å². The predicted octanol–water partition coefficient (Wildman–Crippen LogP) is 4.80. The van der Waals surface area contributed by atoms with Gasteiger partial charge in [-0.15, -0.1) is 5.10 Å². The standard InChI is InChI=1S/C21H32N4/c1-4-18-9-7-8-12-24(18)21(14-16(2)13-17(3)15-21)25-20-11-6-5-10-19(20)22-23-25/h5-6,10-11,16-18H,4,7-9,12-15H2,1-3H3. The maximum absolute atomic E-state index is 4.73. The van der Waals surface area contributed by atoms with Gasteiger partial charge in [0.05, 0.1) is 5.52 Å². The molecule has 1 aliphatic carbocycles. The number of hydrogen-bond acceptors (Lipinski definition) is 3. The van der Waals surface area contributed by atoms with Gasteiger partial charge in [0, 0.05) is 12.6 Å². The van der Waals surface area contributed by atoms with Gasteiger partial charge in [-0.05, 0) is 62.5 Å². The van der Waals surface area contributed by atoms with Gasteiger partial charge in [-0.25, -0.2) is 4.68 Å². The molecule has 0 amide bonds. The SMILES string of the molecule is CCC1CCCCN1C1(n2nnc3ccccc32)CC(C)CC(C)C1. The van der Waals surface area contributed by atoms with Gasteiger partial charge in [-0.1, -0.05) is 44.5 Å². The number of rotatable bonds is 3. The summed E-state index contributed by atoms with van der Waals surface area (Å²) in [5, 5.41) is 9.25. The van der Waals surface area contributed by atoms with Crippen LogP contribution in [0.4, 0.5) is 0 Å². The van der Waals surface area contributed by atoms with Crippen LogP contribution in [-0.2, 0) is 5.66 Å². The molecular formula is C21H32N4. The van der Waals surface area contributed by atoms with Crippen molar-refractivity contribution in [1.29, 1.82) is 0 Å². The Bertz CT molecular complexity index is 712. The van der Waals surface area contributed by atoms with E-state index in [9.17, 15) is 0 Å². The van der Waals surface area contributed by atoms with Crippen LogP contribution in [0.1, 0.15) is 65.7 Å². The van der Waals surface area contributed by atoms with E-state index in [4.69, 9.17) is 5.21 Å². The van der Waals surface area contributed by atoms with Crippen LogP contribution >= 0.6 is 0 Å². The fourth-order valence-corrected chi connectivity index (χ4v) is 5.73. The first-order valence-corrected chi connectivity index (χ1v) is 10.2. The van der Waals surface area contributed by atoms with Crippen LogP contribution < -0.4 is 0 Å². The Labute approximate surface area is 151 Å². The summed E-state index contributed by atoms with van der Waals surface area (Å²) >= 11 is 0. The smallest absolute Gasteiger partial charge is 0.118 e. The molecule has 0 radical (unpaired) electrons. The molecule has 3 atom stereocenters. The number of fused-ring (bicyclic) bond motifs is 1. The number of piperidine rings is 1. The van der Waals surface area contributed by atoms with E-state index in [0.29, 0.717) is 6.04 Å². The third-order valence-corrected chi connectivity index (χ3v) is 6.53. The van der Waals surface area contributed by atoms with Crippen LogP contribution in [-0.4, -0.2) is 32.5 Å². The molecule has 3 unspecified atom stereocenters. The van der Waals surface area contributed by atoms with Crippen molar-refractivity contribution in [2.75, 3.05) is 6.54 Å². The van der Waals surface area contributed by atoms with Crippen LogP contribution in [0.2, 0.25) is 0 Å². The third kappa shape index (κ3) is 2.88. The molecule has 4 nitrogen and oxygen atoms in total. The molecular weight excluding hydrogens is 308 g/mol. The monoisotopic (exact) mass is 340 g/mol. The highest BCUT2D eigenvalue weighted by atomic mass is 15.5. The van der Waals surface area contributed by atoms with Gasteiger partial charge in [-0.2, -0.15) is 0 Å². The van der Waals surface area contributed by atoms with Crippen molar-refractivity contribution in [3.63, 3.8) is 0 Å². The summed E-state index contributed by atoms with van der Waals surface area (Å²) in [6.45, 7) is 8.40. The number of para-hydroxylation sites is 1. The summed E-state index contributed by atoms with van der Waals surface area (Å²) in [6.07, 6.45) is 8.97. The highest BCUT2D eigenvalue weighted by molar-refractivity contribution is 5.74. The normalized spacial score (nSPS) is 34.4. The zero-order valence-electron chi connectivity index (χ0n) is 16.0. The molecule has 1 aromatic heterocycles. The number of likely N-dealkylation sites (tertiary alicyclic amines) is 1. The zero-order valence-corrected chi connectivity index (χ0v) is 16.0. The lowest BCUT2D eigenvalue weighted by Gasteiger charge is -2.54.